The first kappa shape index (κ1) is 23.4. The molecular weight excluding hydrogens is 458 g/mol. The molecule has 3 aromatic carbocycles. The fourth-order valence-corrected chi connectivity index (χ4v) is 6.74. The van der Waals surface area contributed by atoms with Crippen molar-refractivity contribution >= 4 is 26.7 Å². The van der Waals surface area contributed by atoms with Gasteiger partial charge in [-0.1, -0.05) is 73.4 Å². The number of anilines is 1. The minimum atomic E-state index is -3.87. The Bertz CT molecular complexity index is 1530. The third-order valence-electron chi connectivity index (χ3n) is 6.90. The second kappa shape index (κ2) is 9.34. The van der Waals surface area contributed by atoms with Crippen LogP contribution in [0.3, 0.4) is 0 Å². The molecule has 0 bridgehead atoms. The summed E-state index contributed by atoms with van der Waals surface area (Å²) in [7, 11) is -3.87. The van der Waals surface area contributed by atoms with Crippen LogP contribution in [0.15, 0.2) is 86.9 Å². The number of hydrogen-bond donors (Lipinski definition) is 0. The minimum absolute atomic E-state index is 0.193. The number of para-hydroxylation sites is 1. The second-order valence-electron chi connectivity index (χ2n) is 9.36. The van der Waals surface area contributed by atoms with Crippen LogP contribution in [-0.4, -0.2) is 14.5 Å². The molecule has 6 heteroatoms. The molecule has 5 rings (SSSR count). The normalized spacial score (nSPS) is 14.8. The SMILES string of the molecule is Cc1ccc(S(=O)(=O)N(c2cccc3cc(-c4ccccc4C)c(=O)oc23)C2CCCCC2)cc1. The second-order valence-corrected chi connectivity index (χ2v) is 11.2. The molecule has 0 atom stereocenters. The van der Waals surface area contributed by atoms with Gasteiger partial charge in [0.15, 0.2) is 5.58 Å². The van der Waals surface area contributed by atoms with E-state index in [0.717, 1.165) is 48.8 Å². The molecule has 180 valence electrons. The first-order chi connectivity index (χ1) is 16.9. The Labute approximate surface area is 206 Å². The molecule has 0 saturated heterocycles. The summed E-state index contributed by atoms with van der Waals surface area (Å²) in [4.78, 5) is 13.4. The summed E-state index contributed by atoms with van der Waals surface area (Å²) >= 11 is 0. The van der Waals surface area contributed by atoms with Crippen LogP contribution in [0.4, 0.5) is 5.69 Å². The van der Waals surface area contributed by atoms with E-state index in [4.69, 9.17) is 4.42 Å². The highest BCUT2D eigenvalue weighted by molar-refractivity contribution is 7.92. The van der Waals surface area contributed by atoms with Gasteiger partial charge in [-0.15, -0.1) is 0 Å². The van der Waals surface area contributed by atoms with E-state index in [2.05, 4.69) is 0 Å². The van der Waals surface area contributed by atoms with Crippen molar-refractivity contribution in [3.63, 3.8) is 0 Å². The number of nitrogens with zero attached hydrogens (tertiary/aromatic N) is 1. The maximum absolute atomic E-state index is 14.0. The molecule has 0 spiro atoms. The third kappa shape index (κ3) is 4.39. The summed E-state index contributed by atoms with van der Waals surface area (Å²) in [6, 6.07) is 21.6. The maximum atomic E-state index is 14.0. The van der Waals surface area contributed by atoms with E-state index < -0.39 is 15.6 Å². The smallest absolute Gasteiger partial charge is 0.344 e. The molecule has 35 heavy (non-hydrogen) atoms. The lowest BCUT2D eigenvalue weighted by molar-refractivity contribution is 0.437. The van der Waals surface area contributed by atoms with E-state index >= 15 is 0 Å². The van der Waals surface area contributed by atoms with Crippen LogP contribution in [0.25, 0.3) is 22.1 Å². The highest BCUT2D eigenvalue weighted by Crippen LogP contribution is 2.37. The highest BCUT2D eigenvalue weighted by atomic mass is 32.2. The largest absolute Gasteiger partial charge is 0.420 e. The van der Waals surface area contributed by atoms with Gasteiger partial charge in [-0.3, -0.25) is 4.31 Å². The summed E-state index contributed by atoms with van der Waals surface area (Å²) in [6.07, 6.45) is 4.58. The number of sulfonamides is 1. The van der Waals surface area contributed by atoms with Gasteiger partial charge >= 0.3 is 5.63 Å². The van der Waals surface area contributed by atoms with Crippen molar-refractivity contribution in [2.45, 2.75) is 56.9 Å². The molecule has 1 aliphatic carbocycles. The summed E-state index contributed by atoms with van der Waals surface area (Å²) in [5.41, 5.74) is 3.49. The minimum Gasteiger partial charge on any atom is -0.420 e. The molecular formula is C29H29NO4S. The highest BCUT2D eigenvalue weighted by Gasteiger charge is 2.34. The van der Waals surface area contributed by atoms with E-state index in [9.17, 15) is 13.2 Å². The average molecular weight is 488 g/mol. The molecule has 1 heterocycles. The Morgan fingerprint density at radius 3 is 2.26 bits per heavy atom. The zero-order chi connectivity index (χ0) is 24.6. The Balaban J connectivity index is 1.71. The Morgan fingerprint density at radius 2 is 1.54 bits per heavy atom. The lowest BCUT2D eigenvalue weighted by Gasteiger charge is -2.35. The Morgan fingerprint density at radius 1 is 0.829 bits per heavy atom. The van der Waals surface area contributed by atoms with Gasteiger partial charge in [0, 0.05) is 11.4 Å². The topological polar surface area (TPSA) is 67.6 Å². The molecule has 1 saturated carbocycles. The average Bonchev–Trinajstić information content (AvgIpc) is 2.85. The molecule has 0 amide bonds. The van der Waals surface area contributed by atoms with E-state index in [0.29, 0.717) is 22.2 Å². The van der Waals surface area contributed by atoms with Crippen molar-refractivity contribution in [2.75, 3.05) is 4.31 Å². The Kier molecular flexibility index (Phi) is 6.24. The molecule has 5 nitrogen and oxygen atoms in total. The fourth-order valence-electron chi connectivity index (χ4n) is 5.03. The van der Waals surface area contributed by atoms with Crippen LogP contribution in [0, 0.1) is 13.8 Å². The third-order valence-corrected chi connectivity index (χ3v) is 8.78. The quantitative estimate of drug-likeness (QED) is 0.297. The van der Waals surface area contributed by atoms with Gasteiger partial charge < -0.3 is 4.42 Å². The zero-order valence-corrected chi connectivity index (χ0v) is 20.8. The van der Waals surface area contributed by atoms with Crippen molar-refractivity contribution in [1.82, 2.24) is 0 Å². The number of aryl methyl sites for hydroxylation is 2. The van der Waals surface area contributed by atoms with E-state index in [-0.39, 0.29) is 10.9 Å². The van der Waals surface area contributed by atoms with Crippen LogP contribution >= 0.6 is 0 Å². The summed E-state index contributed by atoms with van der Waals surface area (Å²) in [5, 5.41) is 0.695. The van der Waals surface area contributed by atoms with E-state index in [1.165, 1.54) is 4.31 Å². The monoisotopic (exact) mass is 487 g/mol. The predicted octanol–water partition coefficient (Wildman–Crippen LogP) is 6.60. The molecule has 0 N–H and O–H groups in total. The standard InChI is InChI=1S/C29H29NO4S/c1-20-15-17-24(18-16-20)35(32,33)30(23-11-4-3-5-12-23)27-14-8-10-22-19-26(29(31)34-28(22)27)25-13-7-6-9-21(25)2/h6-10,13-19,23H,3-5,11-12H2,1-2H3. The maximum Gasteiger partial charge on any atom is 0.344 e. The molecule has 1 aromatic heterocycles. The van der Waals surface area contributed by atoms with Crippen molar-refractivity contribution in [3.8, 4) is 11.1 Å². The van der Waals surface area contributed by atoms with Crippen LogP contribution in [0.2, 0.25) is 0 Å². The summed E-state index contributed by atoms with van der Waals surface area (Å²) < 4.78 is 35.4. The van der Waals surface area contributed by atoms with Crippen LogP contribution in [0.1, 0.15) is 43.2 Å². The van der Waals surface area contributed by atoms with Gasteiger partial charge in [0.25, 0.3) is 10.0 Å². The zero-order valence-electron chi connectivity index (χ0n) is 20.0. The van der Waals surface area contributed by atoms with Crippen molar-refractivity contribution < 1.29 is 12.8 Å². The first-order valence-corrected chi connectivity index (χ1v) is 13.5. The van der Waals surface area contributed by atoms with Gasteiger partial charge in [-0.05, 0) is 62.1 Å². The number of fused-ring (bicyclic) bond motifs is 1. The first-order valence-electron chi connectivity index (χ1n) is 12.1. The van der Waals surface area contributed by atoms with E-state index in [1.807, 2.05) is 68.4 Å². The van der Waals surface area contributed by atoms with Gasteiger partial charge in [0.05, 0.1) is 16.1 Å². The van der Waals surface area contributed by atoms with Crippen LogP contribution < -0.4 is 9.93 Å². The number of benzene rings is 3. The molecule has 1 fully saturated rings. The lowest BCUT2D eigenvalue weighted by atomic mass is 9.95. The predicted molar refractivity (Wildman–Crippen MR) is 140 cm³/mol. The molecule has 0 radical (unpaired) electrons. The lowest BCUT2D eigenvalue weighted by Crippen LogP contribution is -2.41. The number of hydrogen-bond acceptors (Lipinski definition) is 4. The molecule has 0 unspecified atom stereocenters. The van der Waals surface area contributed by atoms with Crippen molar-refractivity contribution in [2.24, 2.45) is 0 Å². The van der Waals surface area contributed by atoms with Gasteiger partial charge in [-0.2, -0.15) is 0 Å². The number of rotatable bonds is 5. The Hall–Kier alpha value is -3.38. The van der Waals surface area contributed by atoms with Gasteiger partial charge in [-0.25, -0.2) is 13.2 Å². The molecule has 1 aliphatic rings. The molecule has 0 aliphatic heterocycles. The van der Waals surface area contributed by atoms with Crippen molar-refractivity contribution in [1.29, 1.82) is 0 Å². The van der Waals surface area contributed by atoms with Crippen LogP contribution in [-0.2, 0) is 10.0 Å². The van der Waals surface area contributed by atoms with Gasteiger partial charge in [0.1, 0.15) is 0 Å². The summed E-state index contributed by atoms with van der Waals surface area (Å²) in [5.74, 6) is 0. The van der Waals surface area contributed by atoms with Crippen LogP contribution in [0.5, 0.6) is 0 Å². The van der Waals surface area contributed by atoms with Gasteiger partial charge in [0.2, 0.25) is 0 Å². The molecule has 4 aromatic rings. The summed E-state index contributed by atoms with van der Waals surface area (Å²) in [6.45, 7) is 3.88. The van der Waals surface area contributed by atoms with Crippen molar-refractivity contribution in [3.05, 3.63) is 94.3 Å². The fraction of sp³-hybridized carbons (Fsp3) is 0.276. The van der Waals surface area contributed by atoms with E-state index in [1.54, 1.807) is 18.2 Å².